The zero-order valence-corrected chi connectivity index (χ0v) is 28.0. The van der Waals surface area contributed by atoms with E-state index >= 15 is 0 Å². The van der Waals surface area contributed by atoms with Gasteiger partial charge in [0.1, 0.15) is 0 Å². The fourth-order valence-corrected chi connectivity index (χ4v) is 4.34. The van der Waals surface area contributed by atoms with E-state index in [-0.39, 0.29) is 61.8 Å². The Labute approximate surface area is 253 Å². The van der Waals surface area contributed by atoms with Gasteiger partial charge in [-0.2, -0.15) is 41.0 Å². The fraction of sp³-hybridized carbons (Fsp3) is 0.424. The Morgan fingerprint density at radius 1 is 0.778 bits per heavy atom. The number of benzene rings is 2. The molecular formula is C33H44Cl2Zr. The van der Waals surface area contributed by atoms with E-state index in [1.165, 1.54) is 44.5 Å². The van der Waals surface area contributed by atoms with E-state index in [9.17, 15) is 0 Å². The first kappa shape index (κ1) is 37.1. The van der Waals surface area contributed by atoms with Crippen molar-refractivity contribution >= 4 is 0 Å². The summed E-state index contributed by atoms with van der Waals surface area (Å²) in [5, 5.41) is 0. The van der Waals surface area contributed by atoms with E-state index in [4.69, 9.17) is 0 Å². The number of aryl methyl sites for hydroxylation is 1. The van der Waals surface area contributed by atoms with Crippen LogP contribution < -0.4 is 24.8 Å². The maximum Gasteiger partial charge on any atom is 4.00 e. The van der Waals surface area contributed by atoms with E-state index in [2.05, 4.69) is 137 Å². The van der Waals surface area contributed by atoms with Crippen molar-refractivity contribution in [3.63, 3.8) is 0 Å². The largest absolute Gasteiger partial charge is 4.00 e. The first-order valence-corrected chi connectivity index (χ1v) is 12.1. The first-order valence-electron chi connectivity index (χ1n) is 12.1. The molecule has 0 saturated carbocycles. The van der Waals surface area contributed by atoms with Crippen LogP contribution in [0.5, 0.6) is 0 Å². The Morgan fingerprint density at radius 2 is 1.31 bits per heavy atom. The standard InChI is InChI=1S/C21H25.C10H15.C2H4.2ClH.Zr/c1-20(2,3)16-9-7-14-11-15-8-10-17(21(4,5)6)13-19(15)18(14)12-16;1-8-6-5-7-9(8)10(2,3)4;1-2;;;/h7,9-10,12-13H,11H2,1-6H3;5-7H,1-4H3;1-2H2;2*1H;/q2*-1;;;;+4/p-2. The zero-order valence-electron chi connectivity index (χ0n) is 24.0. The minimum absolute atomic E-state index is 0. The number of rotatable bonds is 0. The van der Waals surface area contributed by atoms with Gasteiger partial charge in [0.2, 0.25) is 0 Å². The van der Waals surface area contributed by atoms with Crippen LogP contribution >= 0.6 is 0 Å². The van der Waals surface area contributed by atoms with Gasteiger partial charge in [0, 0.05) is 0 Å². The molecular weight excluding hydrogens is 558 g/mol. The van der Waals surface area contributed by atoms with Gasteiger partial charge in [-0.15, -0.1) is 24.3 Å². The van der Waals surface area contributed by atoms with Gasteiger partial charge in [-0.25, -0.2) is 12.1 Å². The normalized spacial score (nSPS) is 11.6. The predicted octanol–water partition coefficient (Wildman–Crippen LogP) is 3.47. The second-order valence-corrected chi connectivity index (χ2v) is 12.2. The second kappa shape index (κ2) is 14.2. The maximum absolute atomic E-state index is 3.53. The molecule has 0 spiro atoms. The summed E-state index contributed by atoms with van der Waals surface area (Å²) < 4.78 is 0. The summed E-state index contributed by atoms with van der Waals surface area (Å²) in [7, 11) is 0. The van der Waals surface area contributed by atoms with Crippen molar-refractivity contribution in [1.29, 1.82) is 0 Å². The Kier molecular flexibility index (Phi) is 14.7. The summed E-state index contributed by atoms with van der Waals surface area (Å²) in [5.74, 6) is 0. The van der Waals surface area contributed by atoms with Crippen molar-refractivity contribution in [2.24, 2.45) is 0 Å². The van der Waals surface area contributed by atoms with E-state index in [1.807, 2.05) is 0 Å². The van der Waals surface area contributed by atoms with Crippen LogP contribution in [0.4, 0.5) is 0 Å². The van der Waals surface area contributed by atoms with Crippen LogP contribution in [-0.2, 0) is 48.9 Å². The number of halogens is 2. The quantitative estimate of drug-likeness (QED) is 0.214. The molecule has 4 rings (SSSR count). The summed E-state index contributed by atoms with van der Waals surface area (Å²) in [5.41, 5.74) is 11.9. The van der Waals surface area contributed by atoms with Gasteiger partial charge in [-0.3, -0.25) is 0 Å². The smallest absolute Gasteiger partial charge is 1.00 e. The molecule has 0 fully saturated rings. The molecule has 0 heterocycles. The Bertz CT molecular complexity index is 1020. The van der Waals surface area contributed by atoms with Gasteiger partial charge < -0.3 is 24.8 Å². The van der Waals surface area contributed by atoms with Gasteiger partial charge in [0.05, 0.1) is 0 Å². The van der Waals surface area contributed by atoms with E-state index in [0.717, 1.165) is 6.42 Å². The van der Waals surface area contributed by atoms with Crippen LogP contribution in [0.1, 0.15) is 95.7 Å². The van der Waals surface area contributed by atoms with Crippen molar-refractivity contribution < 1.29 is 51.0 Å². The van der Waals surface area contributed by atoms with Gasteiger partial charge in [-0.05, 0) is 17.4 Å². The average molecular weight is 603 g/mol. The fourth-order valence-electron chi connectivity index (χ4n) is 4.34. The number of hydrogen-bond donors (Lipinski definition) is 0. The number of hydrogen-bond acceptors (Lipinski definition) is 0. The molecule has 0 unspecified atom stereocenters. The molecule has 0 N–H and O–H groups in total. The van der Waals surface area contributed by atoms with Crippen molar-refractivity contribution in [1.82, 2.24) is 0 Å². The molecule has 36 heavy (non-hydrogen) atoms. The van der Waals surface area contributed by atoms with Crippen molar-refractivity contribution in [3.05, 3.63) is 101 Å². The summed E-state index contributed by atoms with van der Waals surface area (Å²) in [6.07, 6.45) is 1.03. The molecule has 0 saturated heterocycles. The van der Waals surface area contributed by atoms with Crippen LogP contribution in [0.15, 0.2) is 61.7 Å². The van der Waals surface area contributed by atoms with E-state index in [0.29, 0.717) is 5.41 Å². The maximum atomic E-state index is 3.53. The van der Waals surface area contributed by atoms with Crippen molar-refractivity contribution in [2.45, 2.75) is 91.9 Å². The van der Waals surface area contributed by atoms with Crippen LogP contribution in [0.2, 0.25) is 0 Å². The first-order chi connectivity index (χ1) is 15.2. The minimum Gasteiger partial charge on any atom is -1.00 e. The van der Waals surface area contributed by atoms with E-state index in [1.54, 1.807) is 0 Å². The van der Waals surface area contributed by atoms with Gasteiger partial charge >= 0.3 is 26.2 Å². The van der Waals surface area contributed by atoms with Crippen LogP contribution in [-0.4, -0.2) is 0 Å². The Hall–Kier alpha value is -1.01. The topological polar surface area (TPSA) is 0 Å². The molecule has 0 bridgehead atoms. The average Bonchev–Trinajstić information content (AvgIpc) is 3.31. The monoisotopic (exact) mass is 600 g/mol. The van der Waals surface area contributed by atoms with E-state index < -0.39 is 0 Å². The van der Waals surface area contributed by atoms with Crippen LogP contribution in [0, 0.1) is 13.0 Å². The third kappa shape index (κ3) is 9.08. The Balaban J connectivity index is 0. The van der Waals surface area contributed by atoms with Gasteiger partial charge in [-0.1, -0.05) is 109 Å². The molecule has 3 aromatic carbocycles. The van der Waals surface area contributed by atoms with Crippen molar-refractivity contribution in [3.8, 4) is 11.1 Å². The van der Waals surface area contributed by atoms with Gasteiger partial charge in [0.25, 0.3) is 0 Å². The summed E-state index contributed by atoms with van der Waals surface area (Å²) >= 11 is 0. The minimum atomic E-state index is 0. The third-order valence-corrected chi connectivity index (χ3v) is 6.37. The zero-order chi connectivity index (χ0) is 25.2. The van der Waals surface area contributed by atoms with Gasteiger partial charge in [0.15, 0.2) is 0 Å². The molecule has 0 amide bonds. The van der Waals surface area contributed by atoms with Crippen LogP contribution in [0.3, 0.4) is 0 Å². The molecule has 0 aliphatic heterocycles. The summed E-state index contributed by atoms with van der Waals surface area (Å²) in [6.45, 7) is 28.5. The molecule has 0 aromatic heterocycles. The molecule has 1 aliphatic carbocycles. The predicted molar refractivity (Wildman–Crippen MR) is 148 cm³/mol. The molecule has 0 atom stereocenters. The summed E-state index contributed by atoms with van der Waals surface area (Å²) in [6, 6.07) is 21.6. The third-order valence-electron chi connectivity index (χ3n) is 6.37. The Morgan fingerprint density at radius 3 is 1.72 bits per heavy atom. The van der Waals surface area contributed by atoms with Crippen LogP contribution in [0.25, 0.3) is 11.1 Å². The second-order valence-electron chi connectivity index (χ2n) is 12.2. The molecule has 3 heteroatoms. The molecule has 3 aromatic rings. The molecule has 194 valence electrons. The molecule has 0 nitrogen and oxygen atoms in total. The number of fused-ring (bicyclic) bond motifs is 3. The SMILES string of the molecule is C=C.CC(C)(C)c1c[c-]c2c(c1)-c1cc(C(C)(C)C)ccc1C2.Cc1ccc[c-]1C(C)(C)C.[Cl-].[Cl-].[Zr+4]. The molecule has 0 radical (unpaired) electrons. The molecule has 1 aliphatic rings. The van der Waals surface area contributed by atoms with Crippen molar-refractivity contribution in [2.75, 3.05) is 0 Å². The summed E-state index contributed by atoms with van der Waals surface area (Å²) in [4.78, 5) is 0.